The van der Waals surface area contributed by atoms with Crippen LogP contribution in [0.1, 0.15) is 12.8 Å². The van der Waals surface area contributed by atoms with Gasteiger partial charge in [-0.3, -0.25) is 14.6 Å². The second kappa shape index (κ2) is 7.67. The Morgan fingerprint density at radius 2 is 2.13 bits per heavy atom. The van der Waals surface area contributed by atoms with E-state index in [1.807, 2.05) is 24.4 Å². The molecular formula is C15H20N4O3S. The zero-order valence-electron chi connectivity index (χ0n) is 13.1. The van der Waals surface area contributed by atoms with E-state index in [0.717, 1.165) is 31.1 Å². The number of esters is 1. The molecule has 124 valence electrons. The Morgan fingerprint density at radius 3 is 2.83 bits per heavy atom. The summed E-state index contributed by atoms with van der Waals surface area (Å²) in [7, 11) is 0. The van der Waals surface area contributed by atoms with Crippen LogP contribution >= 0.6 is 11.3 Å². The lowest BCUT2D eigenvalue weighted by Gasteiger charge is -2.33. The van der Waals surface area contributed by atoms with Crippen LogP contribution in [0.25, 0.3) is 10.7 Å². The van der Waals surface area contributed by atoms with E-state index in [0.29, 0.717) is 31.4 Å². The predicted octanol–water partition coefficient (Wildman–Crippen LogP) is 1.48. The number of nitrogens with zero attached hydrogens (tertiary/aromatic N) is 4. The highest BCUT2D eigenvalue weighted by atomic mass is 32.1. The van der Waals surface area contributed by atoms with Gasteiger partial charge < -0.3 is 9.26 Å². The first-order valence-corrected chi connectivity index (χ1v) is 8.59. The highest BCUT2D eigenvalue weighted by Gasteiger charge is 2.21. The fourth-order valence-corrected chi connectivity index (χ4v) is 3.16. The third-order valence-corrected chi connectivity index (χ3v) is 4.56. The molecule has 23 heavy (non-hydrogen) atoms. The van der Waals surface area contributed by atoms with Gasteiger partial charge in [0.2, 0.25) is 11.7 Å². The summed E-state index contributed by atoms with van der Waals surface area (Å²) in [6.07, 6.45) is 0. The molecule has 1 saturated heterocycles. The highest BCUT2D eigenvalue weighted by molar-refractivity contribution is 7.13. The summed E-state index contributed by atoms with van der Waals surface area (Å²) in [6, 6.07) is 3.95. The maximum absolute atomic E-state index is 11.5. The van der Waals surface area contributed by atoms with E-state index in [1.165, 1.54) is 0 Å². The van der Waals surface area contributed by atoms with Gasteiger partial charge in [-0.1, -0.05) is 11.2 Å². The lowest BCUT2D eigenvalue weighted by molar-refractivity contribution is -0.144. The maximum atomic E-state index is 11.5. The topological polar surface area (TPSA) is 71.7 Å². The van der Waals surface area contributed by atoms with E-state index in [-0.39, 0.29) is 5.97 Å². The van der Waals surface area contributed by atoms with Crippen LogP contribution in [0.15, 0.2) is 22.0 Å². The molecule has 8 heteroatoms. The van der Waals surface area contributed by atoms with Crippen LogP contribution in [0.2, 0.25) is 0 Å². The van der Waals surface area contributed by atoms with Crippen LogP contribution < -0.4 is 0 Å². The van der Waals surface area contributed by atoms with Crippen LogP contribution in [0.3, 0.4) is 0 Å². The van der Waals surface area contributed by atoms with Gasteiger partial charge >= 0.3 is 5.97 Å². The van der Waals surface area contributed by atoms with Gasteiger partial charge in [-0.15, -0.1) is 11.3 Å². The van der Waals surface area contributed by atoms with Crippen molar-refractivity contribution in [3.8, 4) is 10.7 Å². The Kier molecular flexibility index (Phi) is 5.37. The molecule has 0 amide bonds. The molecule has 0 bridgehead atoms. The molecule has 3 rings (SSSR count). The van der Waals surface area contributed by atoms with Crippen LogP contribution in [0, 0.1) is 0 Å². The van der Waals surface area contributed by atoms with Crippen molar-refractivity contribution in [2.45, 2.75) is 13.5 Å². The summed E-state index contributed by atoms with van der Waals surface area (Å²) in [4.78, 5) is 21.3. The highest BCUT2D eigenvalue weighted by Crippen LogP contribution is 2.21. The third-order valence-electron chi connectivity index (χ3n) is 3.69. The molecule has 0 atom stereocenters. The Balaban J connectivity index is 1.46. The fourth-order valence-electron chi connectivity index (χ4n) is 2.51. The number of piperazine rings is 1. The van der Waals surface area contributed by atoms with Crippen molar-refractivity contribution < 1.29 is 14.1 Å². The molecule has 0 aliphatic carbocycles. The number of hydrogen-bond donors (Lipinski definition) is 0. The van der Waals surface area contributed by atoms with Gasteiger partial charge in [-0.05, 0) is 18.4 Å². The van der Waals surface area contributed by atoms with E-state index < -0.39 is 0 Å². The minimum atomic E-state index is -0.154. The molecule has 1 aliphatic rings. The molecule has 0 unspecified atom stereocenters. The maximum Gasteiger partial charge on any atom is 0.320 e. The van der Waals surface area contributed by atoms with Crippen molar-refractivity contribution in [2.24, 2.45) is 0 Å². The zero-order valence-corrected chi connectivity index (χ0v) is 13.9. The van der Waals surface area contributed by atoms with Crippen molar-refractivity contribution in [3.05, 3.63) is 23.4 Å². The minimum Gasteiger partial charge on any atom is -0.465 e. The van der Waals surface area contributed by atoms with Crippen LogP contribution in [-0.2, 0) is 16.1 Å². The SMILES string of the molecule is CCOC(=O)CN1CCN(Cc2nc(-c3cccs3)no2)CC1. The van der Waals surface area contributed by atoms with Crippen molar-refractivity contribution in [3.63, 3.8) is 0 Å². The standard InChI is InChI=1S/C15H20N4O3S/c1-2-21-14(20)11-19-7-5-18(6-8-19)10-13-16-15(17-22-13)12-4-3-9-23-12/h3-4,9H,2,5-8,10-11H2,1H3. The summed E-state index contributed by atoms with van der Waals surface area (Å²) < 4.78 is 10.3. The van der Waals surface area contributed by atoms with E-state index in [1.54, 1.807) is 11.3 Å². The Labute approximate surface area is 138 Å². The number of carbonyl (C=O) groups excluding carboxylic acids is 1. The van der Waals surface area contributed by atoms with Crippen molar-refractivity contribution in [1.82, 2.24) is 19.9 Å². The van der Waals surface area contributed by atoms with Gasteiger partial charge in [-0.2, -0.15) is 4.98 Å². The molecular weight excluding hydrogens is 316 g/mol. The molecule has 1 aliphatic heterocycles. The van der Waals surface area contributed by atoms with Crippen molar-refractivity contribution >= 4 is 17.3 Å². The summed E-state index contributed by atoms with van der Waals surface area (Å²) in [5.41, 5.74) is 0. The smallest absolute Gasteiger partial charge is 0.320 e. The van der Waals surface area contributed by atoms with Crippen LogP contribution in [0.4, 0.5) is 0 Å². The second-order valence-electron chi connectivity index (χ2n) is 5.35. The molecule has 0 N–H and O–H groups in total. The normalized spacial score (nSPS) is 16.6. The van der Waals surface area contributed by atoms with E-state index in [9.17, 15) is 4.79 Å². The van der Waals surface area contributed by atoms with Gasteiger partial charge in [0.1, 0.15) is 0 Å². The van der Waals surface area contributed by atoms with Crippen LogP contribution in [-0.4, -0.2) is 65.2 Å². The number of carbonyl (C=O) groups is 1. The molecule has 0 aromatic carbocycles. The number of aromatic nitrogens is 2. The monoisotopic (exact) mass is 336 g/mol. The first kappa shape index (κ1) is 16.1. The summed E-state index contributed by atoms with van der Waals surface area (Å²) in [5.74, 6) is 1.13. The number of thiophene rings is 1. The summed E-state index contributed by atoms with van der Waals surface area (Å²) in [5, 5.41) is 6.02. The van der Waals surface area contributed by atoms with Gasteiger partial charge in [0.05, 0.1) is 24.6 Å². The predicted molar refractivity (Wildman–Crippen MR) is 86.0 cm³/mol. The zero-order chi connectivity index (χ0) is 16.1. The van der Waals surface area contributed by atoms with Gasteiger partial charge in [0.25, 0.3) is 0 Å². The first-order chi connectivity index (χ1) is 11.2. The van der Waals surface area contributed by atoms with E-state index in [4.69, 9.17) is 9.26 Å². The average molecular weight is 336 g/mol. The molecule has 2 aromatic rings. The lowest BCUT2D eigenvalue weighted by atomic mass is 10.3. The molecule has 0 spiro atoms. The van der Waals surface area contributed by atoms with Gasteiger partial charge in [-0.25, -0.2) is 0 Å². The van der Waals surface area contributed by atoms with Gasteiger partial charge in [0, 0.05) is 26.2 Å². The van der Waals surface area contributed by atoms with Crippen molar-refractivity contribution in [1.29, 1.82) is 0 Å². The second-order valence-corrected chi connectivity index (χ2v) is 6.29. The Morgan fingerprint density at radius 1 is 1.35 bits per heavy atom. The Bertz CT molecular complexity index is 620. The quantitative estimate of drug-likeness (QED) is 0.740. The molecule has 3 heterocycles. The van der Waals surface area contributed by atoms with Crippen LogP contribution in [0.5, 0.6) is 0 Å². The molecule has 0 saturated carbocycles. The lowest BCUT2D eigenvalue weighted by Crippen LogP contribution is -2.47. The average Bonchev–Trinajstić information content (AvgIpc) is 3.20. The number of rotatable bonds is 6. The molecule has 1 fully saturated rings. The van der Waals surface area contributed by atoms with E-state index in [2.05, 4.69) is 19.9 Å². The van der Waals surface area contributed by atoms with Crippen molar-refractivity contribution in [2.75, 3.05) is 39.3 Å². The molecule has 0 radical (unpaired) electrons. The van der Waals surface area contributed by atoms with E-state index >= 15 is 0 Å². The number of ether oxygens (including phenoxy) is 1. The molecule has 2 aromatic heterocycles. The largest absolute Gasteiger partial charge is 0.465 e. The minimum absolute atomic E-state index is 0.154. The van der Waals surface area contributed by atoms with Gasteiger partial charge in [0.15, 0.2) is 0 Å². The Hall–Kier alpha value is -1.77. The summed E-state index contributed by atoms with van der Waals surface area (Å²) in [6.45, 7) is 6.69. The molecule has 7 nitrogen and oxygen atoms in total. The number of hydrogen-bond acceptors (Lipinski definition) is 8. The summed E-state index contributed by atoms with van der Waals surface area (Å²) >= 11 is 1.60. The first-order valence-electron chi connectivity index (χ1n) is 7.71. The fraction of sp³-hybridized carbons (Fsp3) is 0.533. The third kappa shape index (κ3) is 4.37.